The summed E-state index contributed by atoms with van der Waals surface area (Å²) in [5.74, 6) is 0.411. The Morgan fingerprint density at radius 1 is 1.33 bits per heavy atom. The van der Waals surface area contributed by atoms with Gasteiger partial charge in [0.05, 0.1) is 41.5 Å². The highest BCUT2D eigenvalue weighted by Gasteiger charge is 2.05. The van der Waals surface area contributed by atoms with E-state index in [9.17, 15) is 0 Å². The van der Waals surface area contributed by atoms with Gasteiger partial charge in [-0.3, -0.25) is 9.67 Å². The predicted octanol–water partition coefficient (Wildman–Crippen LogP) is 1.27. The van der Waals surface area contributed by atoms with E-state index in [2.05, 4.69) is 15.1 Å². The Kier molecular flexibility index (Phi) is 2.55. The highest BCUT2D eigenvalue weighted by Crippen LogP contribution is 2.14. The third-order valence-electron chi connectivity index (χ3n) is 2.08. The van der Waals surface area contributed by atoms with Crippen molar-refractivity contribution >= 4 is 17.4 Å². The second kappa shape index (κ2) is 3.86. The van der Waals surface area contributed by atoms with Crippen LogP contribution in [0, 0.1) is 6.92 Å². The summed E-state index contributed by atoms with van der Waals surface area (Å²) in [6.45, 7) is 2.45. The topological polar surface area (TPSA) is 69.6 Å². The van der Waals surface area contributed by atoms with Gasteiger partial charge in [0.1, 0.15) is 5.82 Å². The zero-order chi connectivity index (χ0) is 10.8. The van der Waals surface area contributed by atoms with Crippen molar-refractivity contribution in [2.75, 3.05) is 5.73 Å². The molecule has 0 aliphatic carbocycles. The molecule has 2 N–H and O–H groups in total. The van der Waals surface area contributed by atoms with E-state index in [0.29, 0.717) is 17.4 Å². The Bertz CT molecular complexity index is 462. The summed E-state index contributed by atoms with van der Waals surface area (Å²) < 4.78 is 1.77. The lowest BCUT2D eigenvalue weighted by molar-refractivity contribution is 0.650. The largest absolute Gasteiger partial charge is 0.382 e. The molecule has 0 fully saturated rings. The lowest BCUT2D eigenvalue weighted by Crippen LogP contribution is -2.06. The van der Waals surface area contributed by atoms with Crippen molar-refractivity contribution in [3.63, 3.8) is 0 Å². The lowest BCUT2D eigenvalue weighted by atomic mass is 10.4. The molecular weight excluding hydrogens is 214 g/mol. The van der Waals surface area contributed by atoms with Crippen molar-refractivity contribution in [1.29, 1.82) is 0 Å². The van der Waals surface area contributed by atoms with Crippen molar-refractivity contribution in [3.8, 4) is 0 Å². The van der Waals surface area contributed by atoms with Crippen molar-refractivity contribution < 1.29 is 0 Å². The number of nitrogen functional groups attached to an aromatic ring is 1. The van der Waals surface area contributed by atoms with E-state index in [0.717, 1.165) is 11.4 Å². The second-order valence-corrected chi connectivity index (χ2v) is 3.58. The Balaban J connectivity index is 2.22. The molecule has 0 bridgehead atoms. The van der Waals surface area contributed by atoms with Gasteiger partial charge in [-0.25, -0.2) is 4.98 Å². The molecule has 15 heavy (non-hydrogen) atoms. The van der Waals surface area contributed by atoms with Gasteiger partial charge in [0.25, 0.3) is 0 Å². The summed E-state index contributed by atoms with van der Waals surface area (Å²) in [6, 6.07) is 0. The van der Waals surface area contributed by atoms with Crippen LogP contribution in [-0.2, 0) is 6.54 Å². The summed E-state index contributed by atoms with van der Waals surface area (Å²) in [7, 11) is 0. The normalized spacial score (nSPS) is 10.5. The second-order valence-electron chi connectivity index (χ2n) is 3.17. The molecule has 0 spiro atoms. The van der Waals surface area contributed by atoms with Crippen LogP contribution in [0.15, 0.2) is 18.6 Å². The number of anilines is 1. The van der Waals surface area contributed by atoms with Gasteiger partial charge >= 0.3 is 0 Å². The summed E-state index contributed by atoms with van der Waals surface area (Å²) in [5.41, 5.74) is 7.15. The first kappa shape index (κ1) is 9.92. The molecule has 0 atom stereocenters. The van der Waals surface area contributed by atoms with E-state index >= 15 is 0 Å². The molecule has 2 aromatic heterocycles. The van der Waals surface area contributed by atoms with Crippen LogP contribution in [-0.4, -0.2) is 19.7 Å². The van der Waals surface area contributed by atoms with Crippen LogP contribution in [0.5, 0.6) is 0 Å². The van der Waals surface area contributed by atoms with Crippen LogP contribution in [0.2, 0.25) is 5.02 Å². The van der Waals surface area contributed by atoms with E-state index in [1.807, 2.05) is 6.92 Å². The molecule has 0 aliphatic rings. The number of halogens is 1. The fourth-order valence-corrected chi connectivity index (χ4v) is 1.32. The molecule has 5 nitrogen and oxygen atoms in total. The van der Waals surface area contributed by atoms with E-state index in [-0.39, 0.29) is 0 Å². The summed E-state index contributed by atoms with van der Waals surface area (Å²) >= 11 is 5.88. The van der Waals surface area contributed by atoms with Gasteiger partial charge in [-0.1, -0.05) is 11.6 Å². The van der Waals surface area contributed by atoms with Crippen LogP contribution in [0.3, 0.4) is 0 Å². The summed E-state index contributed by atoms with van der Waals surface area (Å²) in [4.78, 5) is 8.09. The molecule has 6 heteroatoms. The molecule has 0 radical (unpaired) electrons. The fourth-order valence-electron chi connectivity index (χ4n) is 1.18. The van der Waals surface area contributed by atoms with Gasteiger partial charge in [-0.05, 0) is 6.92 Å². The van der Waals surface area contributed by atoms with Gasteiger partial charge in [0.2, 0.25) is 0 Å². The molecule has 0 saturated heterocycles. The minimum atomic E-state index is 0.411. The Morgan fingerprint density at radius 3 is 2.67 bits per heavy atom. The van der Waals surface area contributed by atoms with Gasteiger partial charge in [0, 0.05) is 0 Å². The molecule has 78 valence electrons. The van der Waals surface area contributed by atoms with Gasteiger partial charge in [-0.15, -0.1) is 0 Å². The molecule has 0 aliphatic heterocycles. The van der Waals surface area contributed by atoms with E-state index in [4.69, 9.17) is 17.3 Å². The van der Waals surface area contributed by atoms with Gasteiger partial charge < -0.3 is 5.73 Å². The maximum absolute atomic E-state index is 5.88. The number of hydrogen-bond donors (Lipinski definition) is 1. The number of rotatable bonds is 2. The molecular formula is C9H10ClN5. The summed E-state index contributed by atoms with van der Waals surface area (Å²) in [6.07, 6.45) is 4.77. The van der Waals surface area contributed by atoms with Crippen LogP contribution in [0.1, 0.15) is 11.4 Å². The molecule has 0 unspecified atom stereocenters. The first-order valence-electron chi connectivity index (χ1n) is 4.41. The number of nitrogens with zero attached hydrogens (tertiary/aromatic N) is 4. The van der Waals surface area contributed by atoms with Crippen molar-refractivity contribution in [1.82, 2.24) is 19.7 Å². The van der Waals surface area contributed by atoms with Crippen LogP contribution < -0.4 is 5.73 Å². The standard InChI is InChI=1S/C9H10ClN5/c1-6-8(10)3-14-15(6)5-7-2-13-9(11)4-12-7/h2-4H,5H2,1H3,(H2,11,13). The lowest BCUT2D eigenvalue weighted by Gasteiger charge is -2.03. The Labute approximate surface area is 91.9 Å². The van der Waals surface area contributed by atoms with Gasteiger partial charge in [-0.2, -0.15) is 5.10 Å². The maximum Gasteiger partial charge on any atom is 0.141 e. The SMILES string of the molecule is Cc1c(Cl)cnn1Cc1cnc(N)cn1. The van der Waals surface area contributed by atoms with Crippen LogP contribution in [0.25, 0.3) is 0 Å². The number of hydrogen-bond acceptors (Lipinski definition) is 4. The highest BCUT2D eigenvalue weighted by molar-refractivity contribution is 6.31. The van der Waals surface area contributed by atoms with Gasteiger partial charge in [0.15, 0.2) is 0 Å². The first-order chi connectivity index (χ1) is 7.16. The van der Waals surface area contributed by atoms with Crippen molar-refractivity contribution in [3.05, 3.63) is 35.0 Å². The van der Waals surface area contributed by atoms with Crippen LogP contribution >= 0.6 is 11.6 Å². The molecule has 2 heterocycles. The van der Waals surface area contributed by atoms with E-state index in [1.165, 1.54) is 6.20 Å². The average molecular weight is 224 g/mol. The third kappa shape index (κ3) is 2.07. The zero-order valence-corrected chi connectivity index (χ0v) is 8.94. The van der Waals surface area contributed by atoms with Crippen LogP contribution in [0.4, 0.5) is 5.82 Å². The monoisotopic (exact) mass is 223 g/mol. The minimum absolute atomic E-state index is 0.411. The molecule has 2 aromatic rings. The first-order valence-corrected chi connectivity index (χ1v) is 4.79. The molecule has 0 aromatic carbocycles. The highest BCUT2D eigenvalue weighted by atomic mass is 35.5. The smallest absolute Gasteiger partial charge is 0.141 e. The van der Waals surface area contributed by atoms with E-state index < -0.39 is 0 Å². The summed E-state index contributed by atoms with van der Waals surface area (Å²) in [5, 5.41) is 4.77. The quantitative estimate of drug-likeness (QED) is 0.832. The Morgan fingerprint density at radius 2 is 2.13 bits per heavy atom. The molecule has 0 saturated carbocycles. The fraction of sp³-hybridized carbons (Fsp3) is 0.222. The number of nitrogens with two attached hydrogens (primary N) is 1. The minimum Gasteiger partial charge on any atom is -0.382 e. The number of aromatic nitrogens is 4. The predicted molar refractivity (Wildman–Crippen MR) is 57.5 cm³/mol. The van der Waals surface area contributed by atoms with E-state index in [1.54, 1.807) is 17.1 Å². The average Bonchev–Trinajstić information content (AvgIpc) is 2.53. The maximum atomic E-state index is 5.88. The zero-order valence-electron chi connectivity index (χ0n) is 8.18. The van der Waals surface area contributed by atoms with Crippen molar-refractivity contribution in [2.45, 2.75) is 13.5 Å². The molecule has 0 amide bonds. The molecule has 2 rings (SSSR count). The van der Waals surface area contributed by atoms with Crippen molar-refractivity contribution in [2.24, 2.45) is 0 Å². The third-order valence-corrected chi connectivity index (χ3v) is 2.45. The Hall–Kier alpha value is -1.62.